The predicted octanol–water partition coefficient (Wildman–Crippen LogP) is 3.66. The number of ether oxygens (including phenoxy) is 2. The summed E-state index contributed by atoms with van der Waals surface area (Å²) < 4.78 is 11.3. The Balaban J connectivity index is 0.00000338. The third kappa shape index (κ3) is 8.22. The number of hydrogen-bond donors (Lipinski definition) is 1. The number of nitrogens with one attached hydrogen (secondary N) is 1. The molecule has 0 aliphatic carbocycles. The van der Waals surface area contributed by atoms with E-state index in [4.69, 9.17) is 9.47 Å². The topological polar surface area (TPSA) is 46.1 Å². The van der Waals surface area contributed by atoms with E-state index in [1.54, 1.807) is 0 Å². The highest BCUT2D eigenvalue weighted by Gasteiger charge is 2.19. The van der Waals surface area contributed by atoms with Crippen molar-refractivity contribution < 1.29 is 9.47 Å². The molecule has 0 spiro atoms. The lowest BCUT2D eigenvalue weighted by Gasteiger charge is -2.24. The molecule has 26 heavy (non-hydrogen) atoms. The standard InChI is InChI=1S/C20H33N3O2.HI/c1-20(2,3)25-15-17-8-6-7-16(11-17)12-22-19(21-4)23(5)13-18-9-10-24-14-18;/h6-8,11,18H,9-10,12-15H2,1-5H3,(H,21,22);1H. The van der Waals surface area contributed by atoms with E-state index in [0.717, 1.165) is 38.7 Å². The Morgan fingerprint density at radius 2 is 2.08 bits per heavy atom. The maximum Gasteiger partial charge on any atom is 0.193 e. The van der Waals surface area contributed by atoms with Crippen LogP contribution in [0.5, 0.6) is 0 Å². The summed E-state index contributed by atoms with van der Waals surface area (Å²) in [6.07, 6.45) is 1.14. The number of aliphatic imine (C=N–C) groups is 1. The maximum absolute atomic E-state index is 5.87. The molecule has 0 bridgehead atoms. The molecule has 1 saturated heterocycles. The smallest absolute Gasteiger partial charge is 0.193 e. The predicted molar refractivity (Wildman–Crippen MR) is 118 cm³/mol. The fraction of sp³-hybridized carbons (Fsp3) is 0.650. The zero-order valence-electron chi connectivity index (χ0n) is 16.7. The Kier molecular flexibility index (Phi) is 9.89. The Labute approximate surface area is 175 Å². The Hall–Kier alpha value is -0.860. The second-order valence-electron chi connectivity index (χ2n) is 7.73. The molecule has 1 aliphatic heterocycles. The van der Waals surface area contributed by atoms with Gasteiger partial charge in [-0.1, -0.05) is 24.3 Å². The average molecular weight is 475 g/mol. The fourth-order valence-corrected chi connectivity index (χ4v) is 2.90. The number of nitrogens with zero attached hydrogens (tertiary/aromatic N) is 2. The fourth-order valence-electron chi connectivity index (χ4n) is 2.90. The Morgan fingerprint density at radius 3 is 2.69 bits per heavy atom. The van der Waals surface area contributed by atoms with E-state index >= 15 is 0 Å². The van der Waals surface area contributed by atoms with E-state index in [-0.39, 0.29) is 29.6 Å². The zero-order chi connectivity index (χ0) is 18.3. The molecule has 5 nitrogen and oxygen atoms in total. The molecule has 2 rings (SSSR count). The van der Waals surface area contributed by atoms with Crippen LogP contribution < -0.4 is 5.32 Å². The summed E-state index contributed by atoms with van der Waals surface area (Å²) in [6, 6.07) is 8.51. The van der Waals surface area contributed by atoms with E-state index in [9.17, 15) is 0 Å². The minimum Gasteiger partial charge on any atom is -0.381 e. The van der Waals surface area contributed by atoms with Gasteiger partial charge < -0.3 is 19.7 Å². The highest BCUT2D eigenvalue weighted by Crippen LogP contribution is 2.14. The van der Waals surface area contributed by atoms with E-state index < -0.39 is 0 Å². The van der Waals surface area contributed by atoms with Crippen LogP contribution >= 0.6 is 24.0 Å². The van der Waals surface area contributed by atoms with Crippen molar-refractivity contribution in [3.8, 4) is 0 Å². The van der Waals surface area contributed by atoms with Gasteiger partial charge in [-0.25, -0.2) is 0 Å². The van der Waals surface area contributed by atoms with Crippen molar-refractivity contribution in [2.75, 3.05) is 33.9 Å². The number of hydrogen-bond acceptors (Lipinski definition) is 3. The van der Waals surface area contributed by atoms with Crippen LogP contribution in [0.25, 0.3) is 0 Å². The van der Waals surface area contributed by atoms with E-state index in [0.29, 0.717) is 12.5 Å². The second kappa shape index (κ2) is 11.1. The maximum atomic E-state index is 5.87. The first-order valence-electron chi connectivity index (χ1n) is 9.08. The van der Waals surface area contributed by atoms with Crippen molar-refractivity contribution >= 4 is 29.9 Å². The van der Waals surface area contributed by atoms with E-state index in [2.05, 4.69) is 67.3 Å². The molecule has 1 unspecified atom stereocenters. The second-order valence-corrected chi connectivity index (χ2v) is 7.73. The van der Waals surface area contributed by atoms with Gasteiger partial charge >= 0.3 is 0 Å². The molecule has 1 aliphatic rings. The van der Waals surface area contributed by atoms with Crippen molar-refractivity contribution in [3.05, 3.63) is 35.4 Å². The SMILES string of the molecule is CN=C(NCc1cccc(COC(C)(C)C)c1)N(C)CC1CCOC1.I. The quantitative estimate of drug-likeness (QED) is 0.388. The third-order valence-electron chi connectivity index (χ3n) is 4.24. The zero-order valence-corrected chi connectivity index (χ0v) is 19.1. The summed E-state index contributed by atoms with van der Waals surface area (Å²) in [5.41, 5.74) is 2.30. The summed E-state index contributed by atoms with van der Waals surface area (Å²) in [4.78, 5) is 6.59. The normalized spacial score (nSPS) is 17.7. The molecule has 0 amide bonds. The number of rotatable bonds is 6. The molecular formula is C20H34IN3O2. The van der Waals surface area contributed by atoms with Crippen LogP contribution in [0.2, 0.25) is 0 Å². The van der Waals surface area contributed by atoms with Gasteiger partial charge in [0.25, 0.3) is 0 Å². The van der Waals surface area contributed by atoms with Crippen LogP contribution in [-0.2, 0) is 22.6 Å². The van der Waals surface area contributed by atoms with Crippen LogP contribution in [0.1, 0.15) is 38.3 Å². The van der Waals surface area contributed by atoms with Gasteiger partial charge in [-0.3, -0.25) is 4.99 Å². The monoisotopic (exact) mass is 475 g/mol. The van der Waals surface area contributed by atoms with Crippen LogP contribution in [0.4, 0.5) is 0 Å². The van der Waals surface area contributed by atoms with E-state index in [1.165, 1.54) is 11.1 Å². The number of halogens is 1. The van der Waals surface area contributed by atoms with Crippen molar-refractivity contribution in [2.24, 2.45) is 10.9 Å². The van der Waals surface area contributed by atoms with Gasteiger partial charge in [-0.2, -0.15) is 0 Å². The first-order chi connectivity index (χ1) is 11.9. The van der Waals surface area contributed by atoms with Crippen LogP contribution in [-0.4, -0.2) is 50.3 Å². The molecule has 1 N–H and O–H groups in total. The van der Waals surface area contributed by atoms with Crippen LogP contribution in [0, 0.1) is 5.92 Å². The largest absolute Gasteiger partial charge is 0.381 e. The van der Waals surface area contributed by atoms with E-state index in [1.807, 2.05) is 7.05 Å². The highest BCUT2D eigenvalue weighted by atomic mass is 127. The number of benzene rings is 1. The molecule has 1 atom stereocenters. The summed E-state index contributed by atoms with van der Waals surface area (Å²) in [6.45, 7) is 10.3. The van der Waals surface area contributed by atoms with Crippen molar-refractivity contribution in [1.29, 1.82) is 0 Å². The summed E-state index contributed by atoms with van der Waals surface area (Å²) in [5, 5.41) is 3.45. The van der Waals surface area contributed by atoms with Gasteiger partial charge in [0, 0.05) is 39.7 Å². The molecule has 148 valence electrons. The van der Waals surface area contributed by atoms with Crippen molar-refractivity contribution in [2.45, 2.75) is 45.9 Å². The first-order valence-corrected chi connectivity index (χ1v) is 9.08. The summed E-state index contributed by atoms with van der Waals surface area (Å²) in [7, 11) is 3.92. The lowest BCUT2D eigenvalue weighted by atomic mass is 10.1. The highest BCUT2D eigenvalue weighted by molar-refractivity contribution is 14.0. The summed E-state index contributed by atoms with van der Waals surface area (Å²) in [5.74, 6) is 1.52. The lowest BCUT2D eigenvalue weighted by molar-refractivity contribution is -0.0149. The Morgan fingerprint density at radius 1 is 1.35 bits per heavy atom. The van der Waals surface area contributed by atoms with Crippen molar-refractivity contribution in [1.82, 2.24) is 10.2 Å². The third-order valence-corrected chi connectivity index (χ3v) is 4.24. The van der Waals surface area contributed by atoms with Crippen LogP contribution in [0.3, 0.4) is 0 Å². The summed E-state index contributed by atoms with van der Waals surface area (Å²) >= 11 is 0. The molecule has 1 aromatic rings. The van der Waals surface area contributed by atoms with Gasteiger partial charge in [0.2, 0.25) is 0 Å². The van der Waals surface area contributed by atoms with Gasteiger partial charge in [0.15, 0.2) is 5.96 Å². The molecule has 0 aromatic heterocycles. The molecular weight excluding hydrogens is 441 g/mol. The molecule has 1 aromatic carbocycles. The van der Waals surface area contributed by atoms with Gasteiger partial charge in [-0.05, 0) is 38.3 Å². The minimum atomic E-state index is -0.122. The van der Waals surface area contributed by atoms with Gasteiger partial charge in [0.05, 0.1) is 18.8 Å². The molecule has 1 heterocycles. The van der Waals surface area contributed by atoms with Gasteiger partial charge in [0.1, 0.15) is 0 Å². The van der Waals surface area contributed by atoms with Crippen LogP contribution in [0.15, 0.2) is 29.3 Å². The van der Waals surface area contributed by atoms with Crippen molar-refractivity contribution in [3.63, 3.8) is 0 Å². The lowest BCUT2D eigenvalue weighted by Crippen LogP contribution is -2.41. The molecule has 0 radical (unpaired) electrons. The molecule has 6 heteroatoms. The minimum absolute atomic E-state index is 0. The van der Waals surface area contributed by atoms with Gasteiger partial charge in [-0.15, -0.1) is 24.0 Å². The first kappa shape index (κ1) is 23.2. The number of guanidine groups is 1. The molecule has 1 fully saturated rings. The Bertz CT molecular complexity index is 566. The average Bonchev–Trinajstić information content (AvgIpc) is 3.06. The molecule has 0 saturated carbocycles.